The minimum atomic E-state index is -0.161. The van der Waals surface area contributed by atoms with Crippen LogP contribution in [0.2, 0.25) is 0 Å². The van der Waals surface area contributed by atoms with E-state index in [2.05, 4.69) is 45.1 Å². The van der Waals surface area contributed by atoms with Crippen LogP contribution in [-0.4, -0.2) is 31.1 Å². The van der Waals surface area contributed by atoms with E-state index in [1.165, 1.54) is 6.07 Å². The Morgan fingerprint density at radius 2 is 1.85 bits per heavy atom. The molecule has 2 nitrogen and oxygen atoms in total. The summed E-state index contributed by atoms with van der Waals surface area (Å²) in [5.41, 5.74) is 1.04. The van der Waals surface area contributed by atoms with Gasteiger partial charge in [0.2, 0.25) is 0 Å². The van der Waals surface area contributed by atoms with E-state index in [9.17, 15) is 4.39 Å². The molecule has 0 radical (unpaired) electrons. The first kappa shape index (κ1) is 17.1. The smallest absolute Gasteiger partial charge is 0.123 e. The van der Waals surface area contributed by atoms with Gasteiger partial charge in [-0.15, -0.1) is 0 Å². The molecule has 0 aliphatic heterocycles. The molecular formula is C17H29FN2. The molecule has 0 spiro atoms. The van der Waals surface area contributed by atoms with Gasteiger partial charge >= 0.3 is 0 Å². The first-order chi connectivity index (χ1) is 9.51. The van der Waals surface area contributed by atoms with Crippen molar-refractivity contribution in [3.05, 3.63) is 35.6 Å². The highest BCUT2D eigenvalue weighted by Crippen LogP contribution is 2.36. The molecule has 0 amide bonds. The third kappa shape index (κ3) is 3.58. The van der Waals surface area contributed by atoms with Gasteiger partial charge in [0, 0.05) is 5.54 Å². The van der Waals surface area contributed by atoms with Crippen LogP contribution in [0.5, 0.6) is 0 Å². The van der Waals surface area contributed by atoms with Gasteiger partial charge in [-0.3, -0.25) is 0 Å². The predicted octanol–water partition coefficient (Wildman–Crippen LogP) is 3.99. The van der Waals surface area contributed by atoms with Crippen LogP contribution in [0.1, 0.15) is 51.6 Å². The van der Waals surface area contributed by atoms with Gasteiger partial charge in [-0.25, -0.2) is 4.39 Å². The maximum atomic E-state index is 13.6. The summed E-state index contributed by atoms with van der Waals surface area (Å²) in [5.74, 6) is -0.161. The van der Waals surface area contributed by atoms with E-state index < -0.39 is 0 Å². The fourth-order valence-corrected chi connectivity index (χ4v) is 3.14. The Morgan fingerprint density at radius 3 is 2.30 bits per heavy atom. The van der Waals surface area contributed by atoms with Crippen molar-refractivity contribution in [1.29, 1.82) is 0 Å². The maximum Gasteiger partial charge on any atom is 0.123 e. The molecule has 0 fully saturated rings. The minimum Gasteiger partial charge on any atom is -0.308 e. The third-order valence-electron chi connectivity index (χ3n) is 4.43. The molecule has 0 aliphatic carbocycles. The molecule has 0 heterocycles. The minimum absolute atomic E-state index is 0.00294. The molecule has 1 atom stereocenters. The molecule has 1 aromatic carbocycles. The van der Waals surface area contributed by atoms with Crippen LogP contribution >= 0.6 is 0 Å². The number of hydrogen-bond acceptors (Lipinski definition) is 2. The van der Waals surface area contributed by atoms with Crippen molar-refractivity contribution in [2.24, 2.45) is 0 Å². The molecular weight excluding hydrogens is 251 g/mol. The fraction of sp³-hybridized carbons (Fsp3) is 0.647. The van der Waals surface area contributed by atoms with Gasteiger partial charge in [-0.1, -0.05) is 32.9 Å². The van der Waals surface area contributed by atoms with Crippen molar-refractivity contribution < 1.29 is 4.39 Å². The molecule has 1 unspecified atom stereocenters. The van der Waals surface area contributed by atoms with Gasteiger partial charge < -0.3 is 10.2 Å². The van der Waals surface area contributed by atoms with Gasteiger partial charge in [0.1, 0.15) is 5.82 Å². The summed E-state index contributed by atoms with van der Waals surface area (Å²) in [4.78, 5) is 2.28. The topological polar surface area (TPSA) is 15.3 Å². The third-order valence-corrected chi connectivity index (χ3v) is 4.43. The fourth-order valence-electron chi connectivity index (χ4n) is 3.14. The highest BCUT2D eigenvalue weighted by Gasteiger charge is 2.38. The molecule has 0 aromatic heterocycles. The first-order valence-corrected chi connectivity index (χ1v) is 7.68. The van der Waals surface area contributed by atoms with E-state index in [4.69, 9.17) is 0 Å². The number of rotatable bonds is 8. The van der Waals surface area contributed by atoms with E-state index in [0.717, 1.165) is 31.4 Å². The van der Waals surface area contributed by atoms with Crippen molar-refractivity contribution in [3.8, 4) is 0 Å². The van der Waals surface area contributed by atoms with E-state index in [-0.39, 0.29) is 17.4 Å². The molecule has 1 N–H and O–H groups in total. The number of benzene rings is 1. The van der Waals surface area contributed by atoms with E-state index in [1.54, 1.807) is 12.1 Å². The van der Waals surface area contributed by atoms with E-state index in [1.807, 2.05) is 6.07 Å². The van der Waals surface area contributed by atoms with Gasteiger partial charge in [0.25, 0.3) is 0 Å². The molecule has 1 aromatic rings. The summed E-state index contributed by atoms with van der Waals surface area (Å²) in [5, 5.41) is 3.63. The summed E-state index contributed by atoms with van der Waals surface area (Å²) in [6.07, 6.45) is 3.12. The first-order valence-electron chi connectivity index (χ1n) is 7.68. The Bertz CT molecular complexity index is 400. The largest absolute Gasteiger partial charge is 0.308 e. The molecule has 1 rings (SSSR count). The maximum absolute atomic E-state index is 13.6. The Morgan fingerprint density at radius 1 is 1.20 bits per heavy atom. The second kappa shape index (κ2) is 7.75. The molecule has 0 saturated heterocycles. The average molecular weight is 280 g/mol. The quantitative estimate of drug-likeness (QED) is 0.774. The van der Waals surface area contributed by atoms with Crippen LogP contribution in [0.3, 0.4) is 0 Å². The highest BCUT2D eigenvalue weighted by molar-refractivity contribution is 5.24. The number of likely N-dealkylation sites (N-methyl/N-ethyl adjacent to an activating group) is 1. The van der Waals surface area contributed by atoms with Crippen LogP contribution in [0.25, 0.3) is 0 Å². The lowest BCUT2D eigenvalue weighted by Crippen LogP contribution is -2.53. The zero-order valence-corrected chi connectivity index (χ0v) is 13.5. The lowest BCUT2D eigenvalue weighted by molar-refractivity contribution is 0.0880. The Balaban J connectivity index is 3.22. The molecule has 114 valence electrons. The van der Waals surface area contributed by atoms with Crippen LogP contribution in [0, 0.1) is 5.82 Å². The van der Waals surface area contributed by atoms with E-state index >= 15 is 0 Å². The van der Waals surface area contributed by atoms with Crippen molar-refractivity contribution in [2.75, 3.05) is 20.6 Å². The normalized spacial score (nSPS) is 13.8. The standard InChI is InChI=1S/C17H29FN2/c1-6-12-19-16(14-10-9-11-15(18)13-14)17(7-2,8-3)20(4)5/h9-11,13,16,19H,6-8,12H2,1-5H3. The van der Waals surface area contributed by atoms with Crippen LogP contribution < -0.4 is 5.32 Å². The second-order valence-corrected chi connectivity index (χ2v) is 5.65. The zero-order valence-electron chi connectivity index (χ0n) is 13.5. The molecule has 0 bridgehead atoms. The number of hydrogen-bond donors (Lipinski definition) is 1. The monoisotopic (exact) mass is 280 g/mol. The van der Waals surface area contributed by atoms with Crippen molar-refractivity contribution >= 4 is 0 Å². The molecule has 20 heavy (non-hydrogen) atoms. The van der Waals surface area contributed by atoms with Gasteiger partial charge in [-0.2, -0.15) is 0 Å². The Labute approximate surface area is 123 Å². The molecule has 0 aliphatic rings. The number of nitrogens with one attached hydrogen (secondary N) is 1. The highest BCUT2D eigenvalue weighted by atomic mass is 19.1. The summed E-state index contributed by atoms with van der Waals surface area (Å²) in [6.45, 7) is 7.52. The predicted molar refractivity (Wildman–Crippen MR) is 84.4 cm³/mol. The number of halogens is 1. The average Bonchev–Trinajstić information content (AvgIpc) is 2.43. The van der Waals surface area contributed by atoms with Crippen LogP contribution in [0.4, 0.5) is 4.39 Å². The van der Waals surface area contributed by atoms with Gasteiger partial charge in [0.15, 0.2) is 0 Å². The molecule has 3 heteroatoms. The van der Waals surface area contributed by atoms with Gasteiger partial charge in [-0.05, 0) is 57.6 Å². The summed E-state index contributed by atoms with van der Waals surface area (Å²) >= 11 is 0. The summed E-state index contributed by atoms with van der Waals surface area (Å²) in [6, 6.07) is 7.15. The van der Waals surface area contributed by atoms with Crippen LogP contribution in [-0.2, 0) is 0 Å². The van der Waals surface area contributed by atoms with Crippen LogP contribution in [0.15, 0.2) is 24.3 Å². The van der Waals surface area contributed by atoms with Crippen molar-refractivity contribution in [2.45, 2.75) is 51.6 Å². The number of nitrogens with zero attached hydrogens (tertiary/aromatic N) is 1. The SMILES string of the molecule is CCCNC(c1cccc(F)c1)C(CC)(CC)N(C)C. The second-order valence-electron chi connectivity index (χ2n) is 5.65. The lowest BCUT2D eigenvalue weighted by atomic mass is 9.79. The summed E-state index contributed by atoms with van der Waals surface area (Å²) < 4.78 is 13.6. The van der Waals surface area contributed by atoms with E-state index in [0.29, 0.717) is 0 Å². The zero-order chi connectivity index (χ0) is 15.2. The van der Waals surface area contributed by atoms with Crippen molar-refractivity contribution in [3.63, 3.8) is 0 Å². The summed E-state index contributed by atoms with van der Waals surface area (Å²) in [7, 11) is 4.24. The Kier molecular flexibility index (Phi) is 6.63. The van der Waals surface area contributed by atoms with Crippen molar-refractivity contribution in [1.82, 2.24) is 10.2 Å². The molecule has 0 saturated carbocycles. The van der Waals surface area contributed by atoms with Gasteiger partial charge in [0.05, 0.1) is 6.04 Å². The lowest BCUT2D eigenvalue weighted by Gasteiger charge is -2.46. The Hall–Kier alpha value is -0.930.